The van der Waals surface area contributed by atoms with Crippen LogP contribution in [0.25, 0.3) is 22.2 Å². The van der Waals surface area contributed by atoms with E-state index in [9.17, 15) is 9.90 Å². The van der Waals surface area contributed by atoms with Crippen LogP contribution >= 0.6 is 0 Å². The maximum absolute atomic E-state index is 13.1. The number of nitrogens with zero attached hydrogens (tertiary/aromatic N) is 4. The summed E-state index contributed by atoms with van der Waals surface area (Å²) >= 11 is 0. The molecule has 2 aromatic heterocycles. The number of aliphatic hydroxyl groups is 1. The molecule has 1 amide bonds. The van der Waals surface area contributed by atoms with Crippen LogP contribution in [-0.2, 0) is 5.60 Å². The lowest BCUT2D eigenvalue weighted by Gasteiger charge is -2.40. The zero-order chi connectivity index (χ0) is 24.2. The third-order valence-corrected chi connectivity index (χ3v) is 8.61. The van der Waals surface area contributed by atoms with E-state index in [2.05, 4.69) is 45.0 Å². The third kappa shape index (κ3) is 2.83. The van der Waals surface area contributed by atoms with Crippen molar-refractivity contribution in [3.63, 3.8) is 0 Å². The van der Waals surface area contributed by atoms with Crippen molar-refractivity contribution in [2.24, 2.45) is 5.92 Å². The molecule has 0 radical (unpaired) electrons. The Bertz CT molecular complexity index is 1560. The molecule has 2 aliphatic carbocycles. The minimum Gasteiger partial charge on any atom is -0.382 e. The Morgan fingerprint density at radius 1 is 1.08 bits per heavy atom. The van der Waals surface area contributed by atoms with E-state index in [1.54, 1.807) is 0 Å². The Balaban J connectivity index is 1.24. The average molecular weight is 478 g/mol. The summed E-state index contributed by atoms with van der Waals surface area (Å²) in [5, 5.41) is 14.0. The molecule has 7 heteroatoms. The van der Waals surface area contributed by atoms with Crippen LogP contribution in [-0.4, -0.2) is 30.5 Å². The minimum atomic E-state index is -0.888. The van der Waals surface area contributed by atoms with Gasteiger partial charge in [-0.3, -0.25) is 4.79 Å². The van der Waals surface area contributed by atoms with Gasteiger partial charge in [-0.15, -0.1) is 0 Å². The van der Waals surface area contributed by atoms with Crippen molar-refractivity contribution in [2.45, 2.75) is 62.6 Å². The van der Waals surface area contributed by atoms with Gasteiger partial charge in [0.25, 0.3) is 5.91 Å². The highest BCUT2D eigenvalue weighted by atomic mass is 16.3. The first kappa shape index (κ1) is 20.6. The summed E-state index contributed by atoms with van der Waals surface area (Å²) in [5.41, 5.74) is 6.36. The molecular weight excluding hydrogens is 450 g/mol. The zero-order valence-electron chi connectivity index (χ0n) is 20.1. The molecule has 0 saturated heterocycles. The third-order valence-electron chi connectivity index (χ3n) is 8.61. The second-order valence-corrected chi connectivity index (χ2v) is 11.2. The number of fused-ring (bicyclic) bond motifs is 9. The maximum Gasteiger partial charge on any atom is 0.252 e. The van der Waals surface area contributed by atoms with Crippen LogP contribution in [0.4, 0.5) is 0 Å². The molecule has 7 nitrogen and oxygen atoms in total. The summed E-state index contributed by atoms with van der Waals surface area (Å²) in [4.78, 5) is 27.2. The van der Waals surface area contributed by atoms with Crippen molar-refractivity contribution in [1.29, 1.82) is 0 Å². The molecule has 2 atom stereocenters. The Morgan fingerprint density at radius 3 is 2.64 bits per heavy atom. The molecule has 2 aliphatic heterocycles. The molecule has 2 N–H and O–H groups in total. The molecule has 2 saturated carbocycles. The van der Waals surface area contributed by atoms with Gasteiger partial charge in [0.2, 0.25) is 0 Å². The van der Waals surface area contributed by atoms with Crippen LogP contribution in [0.15, 0.2) is 48.8 Å². The first-order valence-electron chi connectivity index (χ1n) is 13.0. The number of carbonyl (C=O) groups excluding carboxylic acids is 1. The lowest BCUT2D eigenvalue weighted by Crippen LogP contribution is -2.41. The van der Waals surface area contributed by atoms with Crippen LogP contribution in [0, 0.1) is 5.92 Å². The quantitative estimate of drug-likeness (QED) is 0.444. The van der Waals surface area contributed by atoms with E-state index in [0.717, 1.165) is 40.0 Å². The van der Waals surface area contributed by atoms with Gasteiger partial charge in [0.05, 0.1) is 23.1 Å². The minimum absolute atomic E-state index is 0.0127. The number of aromatic nitrogens is 4. The number of nitrogens with one attached hydrogen (secondary N) is 1. The maximum atomic E-state index is 13.1. The lowest BCUT2D eigenvalue weighted by atomic mass is 9.71. The van der Waals surface area contributed by atoms with Gasteiger partial charge in [0, 0.05) is 23.5 Å². The molecule has 4 aromatic rings. The topological polar surface area (TPSA) is 92.9 Å². The highest BCUT2D eigenvalue weighted by molar-refractivity contribution is 5.97. The van der Waals surface area contributed by atoms with E-state index in [1.807, 2.05) is 30.6 Å². The van der Waals surface area contributed by atoms with Crippen LogP contribution in [0.3, 0.4) is 0 Å². The van der Waals surface area contributed by atoms with Gasteiger partial charge in [0.1, 0.15) is 11.4 Å². The molecule has 2 bridgehead atoms. The van der Waals surface area contributed by atoms with E-state index < -0.39 is 5.60 Å². The van der Waals surface area contributed by atoms with Gasteiger partial charge in [-0.25, -0.2) is 15.0 Å². The summed E-state index contributed by atoms with van der Waals surface area (Å²) in [5.74, 6) is 2.52. The van der Waals surface area contributed by atoms with Crippen molar-refractivity contribution < 1.29 is 9.90 Å². The van der Waals surface area contributed by atoms with Crippen LogP contribution < -0.4 is 5.32 Å². The van der Waals surface area contributed by atoms with Crippen molar-refractivity contribution in [3.8, 4) is 11.1 Å². The number of hydrogen-bond acceptors (Lipinski definition) is 5. The number of hydrogen-bond donors (Lipinski definition) is 2. The zero-order valence-corrected chi connectivity index (χ0v) is 20.1. The standard InChI is InChI=1S/C29H27N5O2/c1-15-11-29(36,12-15)28-30-13-18(14-31-28)17-7-8-21-23(9-17)34-24-10-22(26(34)32-21)33-27(35)20-4-2-3-19(25(20)24)16-5-6-16/h2-4,7-9,13-16,22,24,36H,5-6,10-12H2,1H3,(H,33,35)/t15?,22-,24-,29?/m1/s1. The fourth-order valence-corrected chi connectivity index (χ4v) is 6.80. The first-order valence-corrected chi connectivity index (χ1v) is 13.0. The molecule has 4 heterocycles. The molecule has 8 rings (SSSR count). The number of benzene rings is 2. The van der Waals surface area contributed by atoms with E-state index in [1.165, 1.54) is 24.0 Å². The average Bonchev–Trinajstić information content (AvgIpc) is 3.59. The largest absolute Gasteiger partial charge is 0.382 e. The molecule has 2 aromatic carbocycles. The fraction of sp³-hybridized carbons (Fsp3) is 0.379. The molecular formula is C29H27N5O2. The lowest BCUT2D eigenvalue weighted by molar-refractivity contribution is -0.0809. The summed E-state index contributed by atoms with van der Waals surface area (Å²) < 4.78 is 2.35. The normalized spacial score (nSPS) is 28.3. The number of carbonyl (C=O) groups is 1. The summed E-state index contributed by atoms with van der Waals surface area (Å²) in [6.07, 6.45) is 8.28. The van der Waals surface area contributed by atoms with E-state index >= 15 is 0 Å². The van der Waals surface area contributed by atoms with Crippen molar-refractivity contribution in [3.05, 3.63) is 77.1 Å². The predicted octanol–water partition coefficient (Wildman–Crippen LogP) is 4.77. The summed E-state index contributed by atoms with van der Waals surface area (Å²) in [6.45, 7) is 2.14. The van der Waals surface area contributed by atoms with E-state index in [4.69, 9.17) is 4.98 Å². The Kier molecular flexibility index (Phi) is 4.01. The van der Waals surface area contributed by atoms with E-state index in [-0.39, 0.29) is 18.0 Å². The SMILES string of the molecule is CC1CC(O)(c2ncc(-c3ccc4nc5n(c4c3)[C@@H]3C[C@H]5NC(=O)c4cccc(C5CC5)c43)cn2)C1. The molecule has 0 spiro atoms. The van der Waals surface area contributed by atoms with Gasteiger partial charge >= 0.3 is 0 Å². The Hall–Kier alpha value is -3.58. The van der Waals surface area contributed by atoms with E-state index in [0.29, 0.717) is 30.5 Å². The van der Waals surface area contributed by atoms with Crippen molar-refractivity contribution in [1.82, 2.24) is 24.8 Å². The predicted molar refractivity (Wildman–Crippen MR) is 134 cm³/mol. The molecule has 36 heavy (non-hydrogen) atoms. The molecule has 0 unspecified atom stereocenters. The monoisotopic (exact) mass is 477 g/mol. The van der Waals surface area contributed by atoms with Gasteiger partial charge < -0.3 is 15.0 Å². The van der Waals surface area contributed by atoms with Gasteiger partial charge in [-0.2, -0.15) is 0 Å². The van der Waals surface area contributed by atoms with Crippen molar-refractivity contribution >= 4 is 16.9 Å². The summed E-state index contributed by atoms with van der Waals surface area (Å²) in [6, 6.07) is 12.5. The van der Waals surface area contributed by atoms with Gasteiger partial charge in [-0.1, -0.05) is 25.1 Å². The van der Waals surface area contributed by atoms with Crippen LogP contribution in [0.1, 0.15) is 90.2 Å². The summed E-state index contributed by atoms with van der Waals surface area (Å²) in [7, 11) is 0. The van der Waals surface area contributed by atoms with Gasteiger partial charge in [0.15, 0.2) is 5.82 Å². The number of rotatable bonds is 3. The highest BCUT2D eigenvalue weighted by Crippen LogP contribution is 2.50. The highest BCUT2D eigenvalue weighted by Gasteiger charge is 2.45. The van der Waals surface area contributed by atoms with Gasteiger partial charge in [-0.05, 0) is 78.8 Å². The smallest absolute Gasteiger partial charge is 0.252 e. The Labute approximate surface area is 208 Å². The number of imidazole rings is 1. The Morgan fingerprint density at radius 2 is 1.89 bits per heavy atom. The van der Waals surface area contributed by atoms with Crippen molar-refractivity contribution in [2.75, 3.05) is 0 Å². The molecule has 2 fully saturated rings. The first-order chi connectivity index (χ1) is 17.5. The molecule has 180 valence electrons. The van der Waals surface area contributed by atoms with Crippen LogP contribution in [0.2, 0.25) is 0 Å². The second-order valence-electron chi connectivity index (χ2n) is 11.2. The van der Waals surface area contributed by atoms with Crippen LogP contribution in [0.5, 0.6) is 0 Å². The number of amides is 1. The molecule has 4 aliphatic rings. The second kappa shape index (κ2) is 7.01. The fourth-order valence-electron chi connectivity index (χ4n) is 6.80.